The highest BCUT2D eigenvalue weighted by atomic mass is 35.5. The molecule has 0 atom stereocenters. The fourth-order valence-electron chi connectivity index (χ4n) is 2.80. The molecule has 2 aromatic rings. The number of halogens is 1. The van der Waals surface area contributed by atoms with Gasteiger partial charge in [-0.25, -0.2) is 8.42 Å². The number of carbonyl (C=O) groups is 1. The fourth-order valence-corrected chi connectivity index (χ4v) is 4.52. The predicted octanol–water partition coefficient (Wildman–Crippen LogP) is 2.29. The Morgan fingerprint density at radius 2 is 1.69 bits per heavy atom. The molecule has 138 valence electrons. The highest BCUT2D eigenvalue weighted by Crippen LogP contribution is 2.21. The summed E-state index contributed by atoms with van der Waals surface area (Å²) in [7, 11) is -3.59. The molecule has 1 aliphatic rings. The van der Waals surface area contributed by atoms with Crippen LogP contribution in [0.15, 0.2) is 59.5 Å². The molecule has 1 fully saturated rings. The molecule has 0 unspecified atom stereocenters. The summed E-state index contributed by atoms with van der Waals surface area (Å²) in [5, 5.41) is 3.46. The molecule has 0 bridgehead atoms. The lowest BCUT2D eigenvalue weighted by Crippen LogP contribution is -2.51. The van der Waals surface area contributed by atoms with E-state index in [1.165, 1.54) is 16.4 Å². The number of benzene rings is 2. The first-order chi connectivity index (χ1) is 12.5. The van der Waals surface area contributed by atoms with E-state index < -0.39 is 10.0 Å². The normalized spacial score (nSPS) is 15.7. The summed E-state index contributed by atoms with van der Waals surface area (Å²) >= 11 is 5.90. The molecule has 0 aliphatic carbocycles. The van der Waals surface area contributed by atoms with E-state index in [0.717, 1.165) is 5.69 Å². The Labute approximate surface area is 158 Å². The standard InChI is InChI=1S/C18H20ClN3O3S/c19-15-5-4-8-17(13-15)26(24,25)22-11-9-21(10-12-22)18(23)14-20-16-6-2-1-3-7-16/h1-8,13,20H,9-12,14H2. The minimum Gasteiger partial charge on any atom is -0.376 e. The zero-order valence-electron chi connectivity index (χ0n) is 14.1. The van der Waals surface area contributed by atoms with Crippen LogP contribution in [0, 0.1) is 0 Å². The van der Waals surface area contributed by atoms with E-state index in [1.54, 1.807) is 17.0 Å². The molecule has 0 saturated carbocycles. The van der Waals surface area contributed by atoms with Crippen molar-refractivity contribution < 1.29 is 13.2 Å². The van der Waals surface area contributed by atoms with Gasteiger partial charge in [-0.15, -0.1) is 0 Å². The van der Waals surface area contributed by atoms with Gasteiger partial charge in [0.15, 0.2) is 0 Å². The monoisotopic (exact) mass is 393 g/mol. The maximum Gasteiger partial charge on any atom is 0.243 e. The van der Waals surface area contributed by atoms with Crippen LogP contribution in [0.2, 0.25) is 5.02 Å². The quantitative estimate of drug-likeness (QED) is 0.846. The Hall–Kier alpha value is -2.09. The second-order valence-electron chi connectivity index (χ2n) is 5.96. The highest BCUT2D eigenvalue weighted by molar-refractivity contribution is 7.89. The maximum atomic E-state index is 12.7. The van der Waals surface area contributed by atoms with Gasteiger partial charge in [0.2, 0.25) is 15.9 Å². The second-order valence-corrected chi connectivity index (χ2v) is 8.34. The van der Waals surface area contributed by atoms with E-state index in [4.69, 9.17) is 11.6 Å². The van der Waals surface area contributed by atoms with Crippen molar-refractivity contribution in [1.82, 2.24) is 9.21 Å². The van der Waals surface area contributed by atoms with Crippen molar-refractivity contribution in [2.24, 2.45) is 0 Å². The van der Waals surface area contributed by atoms with E-state index in [-0.39, 0.29) is 30.4 Å². The van der Waals surface area contributed by atoms with E-state index in [0.29, 0.717) is 18.1 Å². The van der Waals surface area contributed by atoms with Gasteiger partial charge in [-0.05, 0) is 30.3 Å². The zero-order chi connectivity index (χ0) is 18.6. The molecule has 8 heteroatoms. The van der Waals surface area contributed by atoms with Crippen LogP contribution >= 0.6 is 11.6 Å². The fraction of sp³-hybridized carbons (Fsp3) is 0.278. The number of nitrogens with zero attached hydrogens (tertiary/aromatic N) is 2. The average molecular weight is 394 g/mol. The molecule has 1 aliphatic heterocycles. The van der Waals surface area contributed by atoms with Crippen LogP contribution in [0.4, 0.5) is 5.69 Å². The summed E-state index contributed by atoms with van der Waals surface area (Å²) in [6.45, 7) is 1.47. The Kier molecular flexibility index (Phi) is 5.80. The summed E-state index contributed by atoms with van der Waals surface area (Å²) in [4.78, 5) is 14.2. The topological polar surface area (TPSA) is 69.7 Å². The molecule has 26 heavy (non-hydrogen) atoms. The molecule has 1 N–H and O–H groups in total. The lowest BCUT2D eigenvalue weighted by molar-refractivity contribution is -0.130. The largest absolute Gasteiger partial charge is 0.376 e. The minimum absolute atomic E-state index is 0.0475. The maximum absolute atomic E-state index is 12.7. The minimum atomic E-state index is -3.59. The number of para-hydroxylation sites is 1. The second kappa shape index (κ2) is 8.07. The van der Waals surface area contributed by atoms with Crippen molar-refractivity contribution >= 4 is 33.2 Å². The number of hydrogen-bond donors (Lipinski definition) is 1. The lowest BCUT2D eigenvalue weighted by atomic mass is 10.3. The molecule has 1 amide bonds. The van der Waals surface area contributed by atoms with Gasteiger partial charge in [-0.1, -0.05) is 35.9 Å². The summed E-state index contributed by atoms with van der Waals surface area (Å²) in [5.41, 5.74) is 0.878. The number of piperazine rings is 1. The number of sulfonamides is 1. The van der Waals surface area contributed by atoms with Crippen molar-refractivity contribution in [3.63, 3.8) is 0 Å². The van der Waals surface area contributed by atoms with Gasteiger partial charge in [0.25, 0.3) is 0 Å². The molecule has 0 spiro atoms. The van der Waals surface area contributed by atoms with Crippen molar-refractivity contribution in [3.05, 3.63) is 59.6 Å². The molecule has 2 aromatic carbocycles. The molecular weight excluding hydrogens is 374 g/mol. The van der Waals surface area contributed by atoms with E-state index in [1.807, 2.05) is 30.3 Å². The van der Waals surface area contributed by atoms with Gasteiger partial charge in [-0.3, -0.25) is 4.79 Å². The molecule has 0 aromatic heterocycles. The van der Waals surface area contributed by atoms with E-state index >= 15 is 0 Å². The smallest absolute Gasteiger partial charge is 0.243 e. The molecule has 3 rings (SSSR count). The summed E-state index contributed by atoms with van der Waals surface area (Å²) in [6, 6.07) is 15.7. The molecule has 0 radical (unpaired) electrons. The van der Waals surface area contributed by atoms with Crippen LogP contribution in [0.1, 0.15) is 0 Å². The van der Waals surface area contributed by atoms with Gasteiger partial charge in [0.05, 0.1) is 11.4 Å². The molecular formula is C18H20ClN3O3S. The van der Waals surface area contributed by atoms with Crippen molar-refractivity contribution in [2.75, 3.05) is 38.0 Å². The van der Waals surface area contributed by atoms with Crippen molar-refractivity contribution in [1.29, 1.82) is 0 Å². The third-order valence-corrected chi connectivity index (χ3v) is 6.37. The van der Waals surface area contributed by atoms with Crippen LogP contribution in [0.5, 0.6) is 0 Å². The van der Waals surface area contributed by atoms with Gasteiger partial charge in [-0.2, -0.15) is 4.31 Å². The highest BCUT2D eigenvalue weighted by Gasteiger charge is 2.30. The zero-order valence-corrected chi connectivity index (χ0v) is 15.7. The van der Waals surface area contributed by atoms with Gasteiger partial charge >= 0.3 is 0 Å². The Morgan fingerprint density at radius 1 is 1.00 bits per heavy atom. The summed E-state index contributed by atoms with van der Waals surface area (Å²) in [5.74, 6) is -0.0475. The third kappa shape index (κ3) is 4.35. The summed E-state index contributed by atoms with van der Waals surface area (Å²) in [6.07, 6.45) is 0. The Morgan fingerprint density at radius 3 is 2.35 bits per heavy atom. The molecule has 6 nitrogen and oxygen atoms in total. The summed E-state index contributed by atoms with van der Waals surface area (Å²) < 4.78 is 26.8. The van der Waals surface area contributed by atoms with Crippen molar-refractivity contribution in [3.8, 4) is 0 Å². The predicted molar refractivity (Wildman–Crippen MR) is 102 cm³/mol. The SMILES string of the molecule is O=C(CNc1ccccc1)N1CCN(S(=O)(=O)c2cccc(Cl)c2)CC1. The third-order valence-electron chi connectivity index (χ3n) is 4.24. The first-order valence-corrected chi connectivity index (χ1v) is 10.1. The van der Waals surface area contributed by atoms with Crippen LogP contribution in [0.3, 0.4) is 0 Å². The number of nitrogens with one attached hydrogen (secondary N) is 1. The van der Waals surface area contributed by atoms with Crippen LogP contribution in [-0.2, 0) is 14.8 Å². The van der Waals surface area contributed by atoms with E-state index in [2.05, 4.69) is 5.32 Å². The number of carbonyl (C=O) groups excluding carboxylic acids is 1. The molecule has 1 saturated heterocycles. The number of rotatable bonds is 5. The number of anilines is 1. The Balaban J connectivity index is 1.56. The number of amides is 1. The average Bonchev–Trinajstić information content (AvgIpc) is 2.67. The lowest BCUT2D eigenvalue weighted by Gasteiger charge is -2.34. The first kappa shape index (κ1) is 18.7. The van der Waals surface area contributed by atoms with Crippen LogP contribution in [0.25, 0.3) is 0 Å². The van der Waals surface area contributed by atoms with Gasteiger partial charge < -0.3 is 10.2 Å². The Bertz CT molecular complexity index is 866. The van der Waals surface area contributed by atoms with Crippen LogP contribution in [-0.4, -0.2) is 56.3 Å². The van der Waals surface area contributed by atoms with E-state index in [9.17, 15) is 13.2 Å². The molecule has 1 heterocycles. The van der Waals surface area contributed by atoms with Crippen LogP contribution < -0.4 is 5.32 Å². The van der Waals surface area contributed by atoms with Crippen molar-refractivity contribution in [2.45, 2.75) is 4.90 Å². The first-order valence-electron chi connectivity index (χ1n) is 8.29. The van der Waals surface area contributed by atoms with Gasteiger partial charge in [0, 0.05) is 36.9 Å². The number of hydrogen-bond acceptors (Lipinski definition) is 4. The van der Waals surface area contributed by atoms with Gasteiger partial charge in [0.1, 0.15) is 0 Å².